The average molecular weight is 295 g/mol. The molecule has 0 aliphatic carbocycles. The molecule has 6 heteroatoms. The Morgan fingerprint density at radius 3 is 2.24 bits per heavy atom. The van der Waals surface area contributed by atoms with Crippen LogP contribution in [0.25, 0.3) is 0 Å². The third-order valence-electron chi connectivity index (χ3n) is 2.98. The van der Waals surface area contributed by atoms with Gasteiger partial charge in [0.05, 0.1) is 12.8 Å². The molecule has 0 unspecified atom stereocenters. The zero-order valence-corrected chi connectivity index (χ0v) is 11.4. The van der Waals surface area contributed by atoms with Gasteiger partial charge in [-0.1, -0.05) is 12.1 Å². The van der Waals surface area contributed by atoms with Gasteiger partial charge in [-0.3, -0.25) is 4.79 Å². The van der Waals surface area contributed by atoms with Gasteiger partial charge in [0, 0.05) is 12.6 Å². The Balaban J connectivity index is 2.40. The molecule has 0 saturated heterocycles. The van der Waals surface area contributed by atoms with Crippen LogP contribution in [0.1, 0.15) is 10.4 Å². The van der Waals surface area contributed by atoms with E-state index in [4.69, 9.17) is 4.74 Å². The number of methoxy groups -OCH3 is 1. The minimum Gasteiger partial charge on any atom is -0.495 e. The largest absolute Gasteiger partial charge is 0.495 e. The second-order valence-electron chi connectivity index (χ2n) is 4.29. The molecule has 0 fully saturated rings. The maximum absolute atomic E-state index is 13.2. The Morgan fingerprint density at radius 1 is 1.10 bits per heavy atom. The van der Waals surface area contributed by atoms with Crippen molar-refractivity contribution in [1.82, 2.24) is 0 Å². The number of nitrogens with zero attached hydrogens (tertiary/aromatic N) is 1. The first kappa shape index (κ1) is 14.9. The smallest absolute Gasteiger partial charge is 0.258 e. The molecule has 2 aromatic carbocycles. The van der Waals surface area contributed by atoms with Crippen molar-refractivity contribution in [2.24, 2.45) is 0 Å². The number of halogens is 3. The highest BCUT2D eigenvalue weighted by molar-refractivity contribution is 6.06. The number of carbonyl (C=O) groups is 1. The van der Waals surface area contributed by atoms with Crippen LogP contribution in [0.5, 0.6) is 5.75 Å². The van der Waals surface area contributed by atoms with E-state index in [9.17, 15) is 18.0 Å². The lowest BCUT2D eigenvalue weighted by molar-refractivity contribution is 0.0991. The second-order valence-corrected chi connectivity index (χ2v) is 4.29. The molecular formula is C15H12F3NO2. The highest BCUT2D eigenvalue weighted by atomic mass is 19.2. The van der Waals surface area contributed by atoms with E-state index in [-0.39, 0.29) is 5.56 Å². The molecule has 2 aromatic rings. The molecule has 0 atom stereocenters. The summed E-state index contributed by atoms with van der Waals surface area (Å²) in [6.45, 7) is 0. The summed E-state index contributed by atoms with van der Waals surface area (Å²) >= 11 is 0. The van der Waals surface area contributed by atoms with E-state index in [1.54, 1.807) is 24.3 Å². The van der Waals surface area contributed by atoms with Gasteiger partial charge in [0.2, 0.25) is 0 Å². The topological polar surface area (TPSA) is 29.5 Å². The summed E-state index contributed by atoms with van der Waals surface area (Å²) in [5, 5.41) is 0. The van der Waals surface area contributed by atoms with Crippen LogP contribution < -0.4 is 9.64 Å². The van der Waals surface area contributed by atoms with Crippen LogP contribution in [0, 0.1) is 17.5 Å². The number of para-hydroxylation sites is 2. The lowest BCUT2D eigenvalue weighted by Crippen LogP contribution is -2.27. The number of rotatable bonds is 3. The molecule has 1 amide bonds. The van der Waals surface area contributed by atoms with Crippen molar-refractivity contribution in [3.63, 3.8) is 0 Å². The van der Waals surface area contributed by atoms with Crippen LogP contribution in [0.3, 0.4) is 0 Å². The first-order chi connectivity index (χ1) is 9.95. The van der Waals surface area contributed by atoms with Crippen LogP contribution in [0.4, 0.5) is 18.9 Å². The van der Waals surface area contributed by atoms with E-state index < -0.39 is 23.4 Å². The molecule has 0 aliphatic rings. The van der Waals surface area contributed by atoms with Crippen molar-refractivity contribution in [2.45, 2.75) is 0 Å². The maximum atomic E-state index is 13.2. The van der Waals surface area contributed by atoms with Crippen molar-refractivity contribution in [3.05, 3.63) is 59.4 Å². The molecule has 0 spiro atoms. The summed E-state index contributed by atoms with van der Waals surface area (Å²) in [6.07, 6.45) is 0. The summed E-state index contributed by atoms with van der Waals surface area (Å²) < 4.78 is 44.4. The van der Waals surface area contributed by atoms with Gasteiger partial charge in [-0.15, -0.1) is 0 Å². The monoisotopic (exact) mass is 295 g/mol. The van der Waals surface area contributed by atoms with Gasteiger partial charge in [-0.2, -0.15) is 0 Å². The molecule has 0 radical (unpaired) electrons. The van der Waals surface area contributed by atoms with Crippen molar-refractivity contribution < 1.29 is 22.7 Å². The van der Waals surface area contributed by atoms with Crippen LogP contribution in [0.15, 0.2) is 36.4 Å². The Labute approximate surface area is 119 Å². The highest BCUT2D eigenvalue weighted by Gasteiger charge is 2.20. The lowest BCUT2D eigenvalue weighted by Gasteiger charge is -2.20. The predicted octanol–water partition coefficient (Wildman–Crippen LogP) is 3.39. The van der Waals surface area contributed by atoms with Crippen molar-refractivity contribution in [2.75, 3.05) is 19.1 Å². The summed E-state index contributed by atoms with van der Waals surface area (Å²) in [4.78, 5) is 13.4. The standard InChI is InChI=1S/C15H12F3NO2/c1-19(12-5-3-4-6-13(12)21-2)15(20)9-7-10(16)14(18)11(17)8-9/h3-8H,1-2H3. The number of anilines is 1. The molecule has 0 heterocycles. The lowest BCUT2D eigenvalue weighted by atomic mass is 10.1. The molecular weight excluding hydrogens is 283 g/mol. The number of ether oxygens (including phenoxy) is 1. The van der Waals surface area contributed by atoms with Crippen molar-refractivity contribution in [1.29, 1.82) is 0 Å². The summed E-state index contributed by atoms with van der Waals surface area (Å²) in [5.74, 6) is -4.68. The highest BCUT2D eigenvalue weighted by Crippen LogP contribution is 2.28. The van der Waals surface area contributed by atoms with Gasteiger partial charge in [0.1, 0.15) is 5.75 Å². The molecule has 0 aliphatic heterocycles. The molecule has 0 N–H and O–H groups in total. The van der Waals surface area contributed by atoms with E-state index in [1.807, 2.05) is 0 Å². The van der Waals surface area contributed by atoms with Crippen LogP contribution in [0.2, 0.25) is 0 Å². The number of carbonyl (C=O) groups excluding carboxylic acids is 1. The number of benzene rings is 2. The molecule has 0 bridgehead atoms. The van der Waals surface area contributed by atoms with Crippen molar-refractivity contribution >= 4 is 11.6 Å². The number of hydrogen-bond donors (Lipinski definition) is 0. The third-order valence-corrected chi connectivity index (χ3v) is 2.98. The van der Waals surface area contributed by atoms with Gasteiger partial charge in [0.25, 0.3) is 5.91 Å². The van der Waals surface area contributed by atoms with E-state index in [1.165, 1.54) is 19.1 Å². The second kappa shape index (κ2) is 5.87. The predicted molar refractivity (Wildman–Crippen MR) is 72.0 cm³/mol. The SMILES string of the molecule is COc1ccccc1N(C)C(=O)c1cc(F)c(F)c(F)c1. The number of hydrogen-bond acceptors (Lipinski definition) is 2. The summed E-state index contributed by atoms with van der Waals surface area (Å²) in [6, 6.07) is 7.99. The fourth-order valence-electron chi connectivity index (χ4n) is 1.89. The Kier molecular flexibility index (Phi) is 4.16. The average Bonchev–Trinajstić information content (AvgIpc) is 2.50. The summed E-state index contributed by atoms with van der Waals surface area (Å²) in [5.41, 5.74) is 0.134. The normalized spacial score (nSPS) is 10.3. The van der Waals surface area contributed by atoms with E-state index in [2.05, 4.69) is 0 Å². The first-order valence-corrected chi connectivity index (χ1v) is 6.01. The zero-order valence-electron chi connectivity index (χ0n) is 11.4. The molecule has 3 nitrogen and oxygen atoms in total. The maximum Gasteiger partial charge on any atom is 0.258 e. The van der Waals surface area contributed by atoms with Crippen LogP contribution >= 0.6 is 0 Å². The van der Waals surface area contributed by atoms with Gasteiger partial charge < -0.3 is 9.64 Å². The van der Waals surface area contributed by atoms with E-state index in [0.29, 0.717) is 23.6 Å². The zero-order chi connectivity index (χ0) is 15.6. The van der Waals surface area contributed by atoms with Gasteiger partial charge in [0.15, 0.2) is 17.5 Å². The van der Waals surface area contributed by atoms with Crippen LogP contribution in [-0.4, -0.2) is 20.1 Å². The Hall–Kier alpha value is -2.50. The Morgan fingerprint density at radius 2 is 1.67 bits per heavy atom. The molecule has 0 saturated carbocycles. The molecule has 0 aromatic heterocycles. The van der Waals surface area contributed by atoms with Gasteiger partial charge in [-0.25, -0.2) is 13.2 Å². The fourth-order valence-corrected chi connectivity index (χ4v) is 1.89. The van der Waals surface area contributed by atoms with E-state index >= 15 is 0 Å². The Bertz CT molecular complexity index is 665. The van der Waals surface area contributed by atoms with Crippen LogP contribution in [-0.2, 0) is 0 Å². The van der Waals surface area contributed by atoms with Gasteiger partial charge in [-0.05, 0) is 24.3 Å². The number of amides is 1. The van der Waals surface area contributed by atoms with Crippen molar-refractivity contribution in [3.8, 4) is 5.75 Å². The van der Waals surface area contributed by atoms with E-state index in [0.717, 1.165) is 0 Å². The molecule has 2 rings (SSSR count). The minimum absolute atomic E-state index is 0.292. The molecule has 110 valence electrons. The molecule has 21 heavy (non-hydrogen) atoms. The third kappa shape index (κ3) is 2.84. The quantitative estimate of drug-likeness (QED) is 0.812. The first-order valence-electron chi connectivity index (χ1n) is 6.01. The summed E-state index contributed by atoms with van der Waals surface area (Å²) in [7, 11) is 2.87. The van der Waals surface area contributed by atoms with Gasteiger partial charge >= 0.3 is 0 Å². The fraction of sp³-hybridized carbons (Fsp3) is 0.133. The minimum atomic E-state index is -1.61.